The van der Waals surface area contributed by atoms with E-state index in [0.717, 1.165) is 83.5 Å². The normalized spacial score (nSPS) is 13.7. The fraction of sp³-hybridized carbons (Fsp3) is 0.763. The maximum Gasteiger partial charge on any atom is 0.472 e. The van der Waals surface area contributed by atoms with Gasteiger partial charge in [0.2, 0.25) is 0 Å². The van der Waals surface area contributed by atoms with E-state index in [9.17, 15) is 19.0 Å². The molecular formula is C76H137NO8P+. The van der Waals surface area contributed by atoms with Crippen LogP contribution in [0.15, 0.2) is 97.2 Å². The number of esters is 2. The zero-order valence-electron chi connectivity index (χ0n) is 56.8. The van der Waals surface area contributed by atoms with E-state index in [1.165, 1.54) is 205 Å². The molecule has 0 aliphatic rings. The summed E-state index contributed by atoms with van der Waals surface area (Å²) >= 11 is 0. The van der Waals surface area contributed by atoms with Gasteiger partial charge in [-0.15, -0.1) is 0 Å². The number of carbonyl (C=O) groups is 2. The number of unbranched alkanes of at least 4 members (excludes halogenated alkanes) is 36. The van der Waals surface area contributed by atoms with E-state index < -0.39 is 26.5 Å². The van der Waals surface area contributed by atoms with Crippen LogP contribution in [0.1, 0.15) is 322 Å². The summed E-state index contributed by atoms with van der Waals surface area (Å²) in [6.07, 6.45) is 92.3. The van der Waals surface area contributed by atoms with Gasteiger partial charge in [0, 0.05) is 12.8 Å². The first-order valence-electron chi connectivity index (χ1n) is 36.0. The predicted molar refractivity (Wildman–Crippen MR) is 372 cm³/mol. The van der Waals surface area contributed by atoms with Crippen molar-refractivity contribution in [2.45, 2.75) is 328 Å². The molecule has 0 radical (unpaired) electrons. The second kappa shape index (κ2) is 66.4. The zero-order valence-corrected chi connectivity index (χ0v) is 57.7. The molecular weight excluding hydrogens is 1090 g/mol. The third kappa shape index (κ3) is 70.0. The maximum absolute atomic E-state index is 12.9. The summed E-state index contributed by atoms with van der Waals surface area (Å²) < 4.78 is 34.7. The van der Waals surface area contributed by atoms with Crippen molar-refractivity contribution in [3.8, 4) is 0 Å². The van der Waals surface area contributed by atoms with E-state index in [0.29, 0.717) is 23.9 Å². The van der Waals surface area contributed by atoms with E-state index in [-0.39, 0.29) is 25.6 Å². The van der Waals surface area contributed by atoms with Crippen molar-refractivity contribution in [2.75, 3.05) is 47.5 Å². The Morgan fingerprint density at radius 2 is 0.663 bits per heavy atom. The van der Waals surface area contributed by atoms with Crippen LogP contribution in [0, 0.1) is 0 Å². The molecule has 0 rings (SSSR count). The molecule has 2 unspecified atom stereocenters. The minimum Gasteiger partial charge on any atom is -0.462 e. The minimum absolute atomic E-state index is 0.0316. The molecule has 2 atom stereocenters. The number of quaternary nitrogens is 1. The number of hydrogen-bond acceptors (Lipinski definition) is 7. The molecule has 9 nitrogen and oxygen atoms in total. The smallest absolute Gasteiger partial charge is 0.462 e. The van der Waals surface area contributed by atoms with Gasteiger partial charge in [-0.25, -0.2) is 4.57 Å². The average molecular weight is 1220 g/mol. The van der Waals surface area contributed by atoms with Gasteiger partial charge in [-0.3, -0.25) is 18.6 Å². The SMILES string of the molecule is CC/C=C\C/C=C\C/C=C\C/C=C\C/C=C\C/C=C\C/C=C\C/C=C\CCCCCCCCCCCCCCCCCCC(=O)OC(COC(=O)CCCCCCCCCCCCCCCCCCCCCCC)COP(=O)(O)OCC[N+](C)(C)C. The van der Waals surface area contributed by atoms with E-state index in [1.807, 2.05) is 21.1 Å². The lowest BCUT2D eigenvalue weighted by Gasteiger charge is -2.24. The standard InChI is InChI=1S/C76H136NO8P/c1-6-8-10-12-14-16-18-20-22-24-26-28-29-30-31-32-33-34-35-36-37-38-39-40-41-42-43-44-45-46-47-49-51-53-55-57-59-61-63-65-67-69-76(79)85-74(73-84-86(80,81)83-71-70-77(3,4)5)72-82-75(78)68-66-64-62-60-58-56-54-52-50-48-27-25-23-21-19-17-15-13-11-9-7-2/h8,10,14,16,20,22,26,28,30-31,33-34,36-37,39-40,74H,6-7,9,11-13,15,17-19,21,23-25,27,29,32,35,38,41-73H2,1-5H3/p+1/b10-8-,16-14-,22-20-,28-26-,31-30-,34-33-,37-36-,40-39-. The fourth-order valence-corrected chi connectivity index (χ4v) is 10.9. The van der Waals surface area contributed by atoms with Crippen LogP contribution >= 0.6 is 7.82 Å². The highest BCUT2D eigenvalue weighted by atomic mass is 31.2. The molecule has 0 heterocycles. The van der Waals surface area contributed by atoms with Gasteiger partial charge in [0.15, 0.2) is 6.10 Å². The Kier molecular flexibility index (Phi) is 64.0. The molecule has 0 spiro atoms. The Hall–Kier alpha value is -3.07. The molecule has 0 bridgehead atoms. The monoisotopic (exact) mass is 1220 g/mol. The predicted octanol–water partition coefficient (Wildman–Crippen LogP) is 23.5. The number of phosphoric acid groups is 1. The highest BCUT2D eigenvalue weighted by Gasteiger charge is 2.27. The van der Waals surface area contributed by atoms with Crippen LogP contribution in [-0.4, -0.2) is 74.9 Å². The molecule has 0 aliphatic heterocycles. The summed E-state index contributed by atoms with van der Waals surface area (Å²) in [4.78, 5) is 35.9. The van der Waals surface area contributed by atoms with Crippen molar-refractivity contribution in [3.05, 3.63) is 97.2 Å². The molecule has 0 aromatic rings. The minimum atomic E-state index is -4.39. The van der Waals surface area contributed by atoms with Crippen LogP contribution in [0.3, 0.4) is 0 Å². The molecule has 0 fully saturated rings. The number of phosphoric ester groups is 1. The lowest BCUT2D eigenvalue weighted by Crippen LogP contribution is -2.37. The van der Waals surface area contributed by atoms with Crippen molar-refractivity contribution in [2.24, 2.45) is 0 Å². The summed E-state index contributed by atoms with van der Waals surface area (Å²) in [6, 6.07) is 0. The number of carbonyl (C=O) groups excluding carboxylic acids is 2. The molecule has 0 aliphatic carbocycles. The van der Waals surface area contributed by atoms with Gasteiger partial charge in [0.1, 0.15) is 19.8 Å². The number of likely N-dealkylation sites (N-methyl/N-ethyl adjacent to an activating group) is 1. The highest BCUT2D eigenvalue weighted by Crippen LogP contribution is 2.43. The molecule has 0 saturated heterocycles. The van der Waals surface area contributed by atoms with E-state index in [4.69, 9.17) is 18.5 Å². The van der Waals surface area contributed by atoms with E-state index >= 15 is 0 Å². The molecule has 0 amide bonds. The quantitative estimate of drug-likeness (QED) is 0.0211. The Balaban J connectivity index is 3.99. The van der Waals surface area contributed by atoms with Crippen molar-refractivity contribution < 1.29 is 42.1 Å². The average Bonchev–Trinajstić information content (AvgIpc) is 3.70. The first-order valence-corrected chi connectivity index (χ1v) is 37.5. The van der Waals surface area contributed by atoms with Crippen molar-refractivity contribution >= 4 is 19.8 Å². The Bertz CT molecular complexity index is 1770. The van der Waals surface area contributed by atoms with Crippen LogP contribution in [0.25, 0.3) is 0 Å². The zero-order chi connectivity index (χ0) is 62.6. The third-order valence-corrected chi connectivity index (χ3v) is 16.6. The van der Waals surface area contributed by atoms with Crippen molar-refractivity contribution in [3.63, 3.8) is 0 Å². The Labute approximate surface area is 532 Å². The summed E-state index contributed by atoms with van der Waals surface area (Å²) in [5.41, 5.74) is 0. The lowest BCUT2D eigenvalue weighted by molar-refractivity contribution is -0.870. The van der Waals surface area contributed by atoms with Gasteiger partial charge < -0.3 is 18.9 Å². The molecule has 498 valence electrons. The van der Waals surface area contributed by atoms with Gasteiger partial charge in [-0.2, -0.15) is 0 Å². The Morgan fingerprint density at radius 1 is 0.372 bits per heavy atom. The van der Waals surface area contributed by atoms with Gasteiger partial charge in [0.05, 0.1) is 27.7 Å². The summed E-state index contributed by atoms with van der Waals surface area (Å²) in [7, 11) is 1.49. The summed E-state index contributed by atoms with van der Waals surface area (Å²) in [5.74, 6) is -0.783. The Morgan fingerprint density at radius 3 is 0.988 bits per heavy atom. The van der Waals surface area contributed by atoms with Gasteiger partial charge >= 0.3 is 19.8 Å². The topological polar surface area (TPSA) is 108 Å². The number of ether oxygens (including phenoxy) is 2. The first kappa shape index (κ1) is 82.9. The molecule has 0 aromatic carbocycles. The highest BCUT2D eigenvalue weighted by molar-refractivity contribution is 7.47. The second-order valence-electron chi connectivity index (χ2n) is 25.3. The molecule has 10 heteroatoms. The van der Waals surface area contributed by atoms with E-state index in [1.54, 1.807) is 0 Å². The van der Waals surface area contributed by atoms with E-state index in [2.05, 4.69) is 111 Å². The van der Waals surface area contributed by atoms with Gasteiger partial charge in [0.25, 0.3) is 0 Å². The molecule has 1 N–H and O–H groups in total. The van der Waals surface area contributed by atoms with Gasteiger partial charge in [-0.1, -0.05) is 329 Å². The largest absolute Gasteiger partial charge is 0.472 e. The number of nitrogens with zero attached hydrogens (tertiary/aromatic N) is 1. The van der Waals surface area contributed by atoms with Gasteiger partial charge in [-0.05, 0) is 77.0 Å². The molecule has 86 heavy (non-hydrogen) atoms. The van der Waals surface area contributed by atoms with Crippen LogP contribution in [0.2, 0.25) is 0 Å². The van der Waals surface area contributed by atoms with Crippen molar-refractivity contribution in [1.29, 1.82) is 0 Å². The third-order valence-electron chi connectivity index (χ3n) is 15.6. The maximum atomic E-state index is 12.9. The number of allylic oxidation sites excluding steroid dienone is 16. The number of rotatable bonds is 66. The summed E-state index contributed by atoms with van der Waals surface area (Å²) in [6.45, 7) is 4.37. The molecule has 0 aromatic heterocycles. The second-order valence-corrected chi connectivity index (χ2v) is 26.7. The fourth-order valence-electron chi connectivity index (χ4n) is 10.2. The van der Waals surface area contributed by atoms with Crippen LogP contribution in [-0.2, 0) is 32.7 Å². The van der Waals surface area contributed by atoms with Crippen LogP contribution in [0.4, 0.5) is 0 Å². The van der Waals surface area contributed by atoms with Crippen molar-refractivity contribution in [1.82, 2.24) is 0 Å². The van der Waals surface area contributed by atoms with Crippen LogP contribution < -0.4 is 0 Å². The number of hydrogen-bond donors (Lipinski definition) is 1. The van der Waals surface area contributed by atoms with Crippen LogP contribution in [0.5, 0.6) is 0 Å². The first-order chi connectivity index (χ1) is 42.0. The molecule has 0 saturated carbocycles. The lowest BCUT2D eigenvalue weighted by atomic mass is 10.0. The summed E-state index contributed by atoms with van der Waals surface area (Å²) in [5, 5.41) is 0.